The van der Waals surface area contributed by atoms with Crippen molar-refractivity contribution in [2.45, 2.75) is 13.1 Å². The molecule has 2 amide bonds. The largest absolute Gasteiger partial charge is 0.383 e. The van der Waals surface area contributed by atoms with Gasteiger partial charge in [0.15, 0.2) is 0 Å². The number of benzene rings is 2. The van der Waals surface area contributed by atoms with Crippen molar-refractivity contribution in [3.05, 3.63) is 59.4 Å². The summed E-state index contributed by atoms with van der Waals surface area (Å²) in [6.07, 6.45) is 0. The summed E-state index contributed by atoms with van der Waals surface area (Å²) in [5, 5.41) is 6.16. The Hall–Kier alpha value is -2.60. The molecular formula is C17H19FN4O. The minimum absolute atomic E-state index is 0.155. The second kappa shape index (κ2) is 6.66. The summed E-state index contributed by atoms with van der Waals surface area (Å²) in [5.41, 5.74) is 9.27. The van der Waals surface area contributed by atoms with Crippen molar-refractivity contribution >= 4 is 17.4 Å². The number of rotatable bonds is 5. The lowest BCUT2D eigenvalue weighted by Gasteiger charge is -2.31. The van der Waals surface area contributed by atoms with Gasteiger partial charge < -0.3 is 16.4 Å². The first-order valence-corrected chi connectivity index (χ1v) is 7.54. The predicted octanol–water partition coefficient (Wildman–Crippen LogP) is 2.43. The van der Waals surface area contributed by atoms with Crippen LogP contribution in [0.2, 0.25) is 0 Å². The summed E-state index contributed by atoms with van der Waals surface area (Å²) < 4.78 is 13.0. The number of nitrogens with one attached hydrogen (secondary N) is 2. The number of hydrogen-bond acceptors (Lipinski definition) is 3. The molecule has 1 aliphatic rings. The molecule has 0 atom stereocenters. The van der Waals surface area contributed by atoms with Crippen LogP contribution in [-0.2, 0) is 13.1 Å². The number of anilines is 2. The van der Waals surface area contributed by atoms with Crippen LogP contribution >= 0.6 is 0 Å². The van der Waals surface area contributed by atoms with Crippen LogP contribution in [0.5, 0.6) is 0 Å². The number of fused-ring (bicyclic) bond motifs is 1. The average Bonchev–Trinajstić information content (AvgIpc) is 2.57. The van der Waals surface area contributed by atoms with Gasteiger partial charge in [-0.3, -0.25) is 4.90 Å². The maximum atomic E-state index is 13.0. The van der Waals surface area contributed by atoms with E-state index in [1.165, 1.54) is 12.1 Å². The fourth-order valence-corrected chi connectivity index (χ4v) is 2.68. The zero-order valence-electron chi connectivity index (χ0n) is 12.7. The highest BCUT2D eigenvalue weighted by Gasteiger charge is 2.25. The number of halogens is 1. The molecule has 0 bridgehead atoms. The highest BCUT2D eigenvalue weighted by atomic mass is 19.1. The van der Waals surface area contributed by atoms with E-state index in [0.29, 0.717) is 26.2 Å². The quantitative estimate of drug-likeness (QED) is 0.794. The van der Waals surface area contributed by atoms with Gasteiger partial charge >= 0.3 is 6.03 Å². The fraction of sp³-hybridized carbons (Fsp3) is 0.235. The second-order valence-corrected chi connectivity index (χ2v) is 5.39. The first-order chi connectivity index (χ1) is 11.2. The molecule has 4 N–H and O–H groups in total. The Balaban J connectivity index is 1.90. The standard InChI is InChI=1S/C17H19FN4O/c18-13-6-4-12(5-7-13)11-22-16-3-1-2-15(20-9-8-19)14(16)10-21-17(22)23/h1-7,20H,8-11,19H2,(H,21,23). The smallest absolute Gasteiger partial charge is 0.322 e. The molecule has 0 aromatic heterocycles. The molecule has 2 aromatic carbocycles. The molecule has 1 aliphatic heterocycles. The summed E-state index contributed by atoms with van der Waals surface area (Å²) in [5.74, 6) is -0.287. The number of urea groups is 1. The van der Waals surface area contributed by atoms with Gasteiger partial charge in [0.1, 0.15) is 5.82 Å². The number of hydrogen-bond donors (Lipinski definition) is 3. The molecule has 6 heteroatoms. The van der Waals surface area contributed by atoms with E-state index in [0.717, 1.165) is 22.5 Å². The lowest BCUT2D eigenvalue weighted by atomic mass is 10.1. The van der Waals surface area contributed by atoms with Crippen LogP contribution in [0.3, 0.4) is 0 Å². The molecule has 0 saturated heterocycles. The van der Waals surface area contributed by atoms with Gasteiger partial charge in [0.05, 0.1) is 12.2 Å². The van der Waals surface area contributed by atoms with Gasteiger partial charge in [0.25, 0.3) is 0 Å². The van der Waals surface area contributed by atoms with Crippen molar-refractivity contribution in [3.8, 4) is 0 Å². The van der Waals surface area contributed by atoms with Crippen LogP contribution < -0.4 is 21.3 Å². The topological polar surface area (TPSA) is 70.4 Å². The number of nitrogens with two attached hydrogens (primary N) is 1. The number of amides is 2. The number of nitrogens with zero attached hydrogens (tertiary/aromatic N) is 1. The van der Waals surface area contributed by atoms with Gasteiger partial charge in [-0.25, -0.2) is 9.18 Å². The van der Waals surface area contributed by atoms with Crippen molar-refractivity contribution in [2.75, 3.05) is 23.3 Å². The Kier molecular flexibility index (Phi) is 4.43. The highest BCUT2D eigenvalue weighted by molar-refractivity contribution is 5.96. The van der Waals surface area contributed by atoms with Crippen molar-refractivity contribution in [3.63, 3.8) is 0 Å². The maximum Gasteiger partial charge on any atom is 0.322 e. The van der Waals surface area contributed by atoms with E-state index >= 15 is 0 Å². The lowest BCUT2D eigenvalue weighted by Crippen LogP contribution is -2.44. The minimum atomic E-state index is -0.287. The molecular weight excluding hydrogens is 295 g/mol. The van der Waals surface area contributed by atoms with Crippen molar-refractivity contribution < 1.29 is 9.18 Å². The zero-order valence-corrected chi connectivity index (χ0v) is 12.7. The Morgan fingerprint density at radius 2 is 2.00 bits per heavy atom. The first kappa shape index (κ1) is 15.3. The van der Waals surface area contributed by atoms with E-state index in [4.69, 9.17) is 5.73 Å². The van der Waals surface area contributed by atoms with E-state index in [1.807, 2.05) is 18.2 Å². The van der Waals surface area contributed by atoms with E-state index < -0.39 is 0 Å². The highest BCUT2D eigenvalue weighted by Crippen LogP contribution is 2.31. The lowest BCUT2D eigenvalue weighted by molar-refractivity contribution is 0.244. The normalized spacial score (nSPS) is 13.5. The van der Waals surface area contributed by atoms with Crippen LogP contribution in [-0.4, -0.2) is 19.1 Å². The Morgan fingerprint density at radius 1 is 1.22 bits per heavy atom. The Labute approximate surface area is 134 Å². The molecule has 0 spiro atoms. The van der Waals surface area contributed by atoms with Crippen LogP contribution in [0.1, 0.15) is 11.1 Å². The molecule has 3 rings (SSSR count). The summed E-state index contributed by atoms with van der Waals surface area (Å²) in [7, 11) is 0. The van der Waals surface area contributed by atoms with Gasteiger partial charge in [-0.2, -0.15) is 0 Å². The molecule has 5 nitrogen and oxygen atoms in total. The molecule has 0 aliphatic carbocycles. The van der Waals surface area contributed by atoms with Gasteiger partial charge in [-0.05, 0) is 29.8 Å². The minimum Gasteiger partial charge on any atom is -0.383 e. The summed E-state index contributed by atoms with van der Waals surface area (Å²) in [6, 6.07) is 11.8. The van der Waals surface area contributed by atoms with E-state index in [-0.39, 0.29) is 11.8 Å². The fourth-order valence-electron chi connectivity index (χ4n) is 2.68. The van der Waals surface area contributed by atoms with E-state index in [1.54, 1.807) is 17.0 Å². The third-order valence-corrected chi connectivity index (χ3v) is 3.82. The van der Waals surface area contributed by atoms with Gasteiger partial charge in [0, 0.05) is 30.9 Å². The molecule has 0 saturated carbocycles. The third-order valence-electron chi connectivity index (χ3n) is 3.82. The van der Waals surface area contributed by atoms with Gasteiger partial charge in [-0.1, -0.05) is 18.2 Å². The van der Waals surface area contributed by atoms with Crippen molar-refractivity contribution in [1.82, 2.24) is 5.32 Å². The predicted molar refractivity (Wildman–Crippen MR) is 88.8 cm³/mol. The molecule has 1 heterocycles. The average molecular weight is 314 g/mol. The summed E-state index contributed by atoms with van der Waals surface area (Å²) in [4.78, 5) is 13.9. The van der Waals surface area contributed by atoms with E-state index in [9.17, 15) is 9.18 Å². The zero-order chi connectivity index (χ0) is 16.2. The molecule has 23 heavy (non-hydrogen) atoms. The maximum absolute atomic E-state index is 13.0. The Morgan fingerprint density at radius 3 is 2.74 bits per heavy atom. The number of carbonyl (C=O) groups excluding carboxylic acids is 1. The van der Waals surface area contributed by atoms with Crippen molar-refractivity contribution in [2.24, 2.45) is 5.73 Å². The van der Waals surface area contributed by atoms with Crippen LogP contribution in [0.4, 0.5) is 20.6 Å². The van der Waals surface area contributed by atoms with Gasteiger partial charge in [0.2, 0.25) is 0 Å². The van der Waals surface area contributed by atoms with Gasteiger partial charge in [-0.15, -0.1) is 0 Å². The Bertz CT molecular complexity index is 702. The molecule has 0 radical (unpaired) electrons. The van der Waals surface area contributed by atoms with Crippen LogP contribution in [0.15, 0.2) is 42.5 Å². The number of carbonyl (C=O) groups is 1. The first-order valence-electron chi connectivity index (χ1n) is 7.54. The molecule has 2 aromatic rings. The molecule has 0 unspecified atom stereocenters. The van der Waals surface area contributed by atoms with Crippen LogP contribution in [0, 0.1) is 5.82 Å². The monoisotopic (exact) mass is 314 g/mol. The summed E-state index contributed by atoms with van der Waals surface area (Å²) in [6.45, 7) is 2.07. The molecule has 120 valence electrons. The second-order valence-electron chi connectivity index (χ2n) is 5.39. The van der Waals surface area contributed by atoms with E-state index in [2.05, 4.69) is 10.6 Å². The summed E-state index contributed by atoms with van der Waals surface area (Å²) >= 11 is 0. The SMILES string of the molecule is NCCNc1cccc2c1CNC(=O)N2Cc1ccc(F)cc1. The molecule has 0 fully saturated rings. The van der Waals surface area contributed by atoms with Crippen LogP contribution in [0.25, 0.3) is 0 Å². The third kappa shape index (κ3) is 3.27. The van der Waals surface area contributed by atoms with Crippen molar-refractivity contribution in [1.29, 1.82) is 0 Å².